The summed E-state index contributed by atoms with van der Waals surface area (Å²) in [7, 11) is 1.74. The van der Waals surface area contributed by atoms with Gasteiger partial charge >= 0.3 is 0 Å². The molecule has 0 aromatic heterocycles. The van der Waals surface area contributed by atoms with E-state index in [0.29, 0.717) is 12.3 Å². The van der Waals surface area contributed by atoms with Crippen LogP contribution in [0.1, 0.15) is 32.1 Å². The highest BCUT2D eigenvalue weighted by molar-refractivity contribution is 5.85. The van der Waals surface area contributed by atoms with Crippen molar-refractivity contribution in [3.05, 3.63) is 0 Å². The van der Waals surface area contributed by atoms with E-state index in [-0.39, 0.29) is 23.7 Å². The number of ether oxygens (including phenoxy) is 2. The summed E-state index contributed by atoms with van der Waals surface area (Å²) in [6.45, 7) is 5.17. The van der Waals surface area contributed by atoms with Gasteiger partial charge in [-0.25, -0.2) is 0 Å². The van der Waals surface area contributed by atoms with Crippen molar-refractivity contribution in [2.24, 2.45) is 11.3 Å². The molecule has 0 saturated carbocycles. The minimum Gasteiger partial charge on any atom is -0.384 e. The highest BCUT2D eigenvalue weighted by Crippen LogP contribution is 2.28. The van der Waals surface area contributed by atoms with Crippen LogP contribution in [0.15, 0.2) is 0 Å². The van der Waals surface area contributed by atoms with Crippen molar-refractivity contribution in [1.82, 2.24) is 10.6 Å². The zero-order valence-corrected chi connectivity index (χ0v) is 13.8. The average molecular weight is 321 g/mol. The third-order valence-corrected chi connectivity index (χ3v) is 4.58. The summed E-state index contributed by atoms with van der Waals surface area (Å²) in [6, 6.07) is 0. The van der Waals surface area contributed by atoms with Gasteiger partial charge < -0.3 is 20.1 Å². The Morgan fingerprint density at radius 3 is 2.81 bits per heavy atom. The zero-order chi connectivity index (χ0) is 14.3. The molecule has 1 amide bonds. The molecule has 2 saturated heterocycles. The molecule has 2 aliphatic heterocycles. The van der Waals surface area contributed by atoms with Crippen molar-refractivity contribution < 1.29 is 14.3 Å². The Kier molecular flexibility index (Phi) is 8.56. The van der Waals surface area contributed by atoms with Crippen molar-refractivity contribution >= 4 is 18.3 Å². The summed E-state index contributed by atoms with van der Waals surface area (Å²) in [5.41, 5.74) is 0.117. The lowest BCUT2D eigenvalue weighted by Gasteiger charge is -2.37. The van der Waals surface area contributed by atoms with Gasteiger partial charge in [-0.3, -0.25) is 4.79 Å². The van der Waals surface area contributed by atoms with Crippen molar-refractivity contribution in [2.75, 3.05) is 46.6 Å². The SMILES string of the molecule is COCC1(CNC(=O)CCC2CCOC2)CCNCC1.Cl. The van der Waals surface area contributed by atoms with Crippen molar-refractivity contribution in [3.63, 3.8) is 0 Å². The van der Waals surface area contributed by atoms with Crippen LogP contribution >= 0.6 is 12.4 Å². The summed E-state index contributed by atoms with van der Waals surface area (Å²) in [5, 5.41) is 6.48. The smallest absolute Gasteiger partial charge is 0.220 e. The molecule has 21 heavy (non-hydrogen) atoms. The molecule has 1 atom stereocenters. The topological polar surface area (TPSA) is 59.6 Å². The Labute approximate surface area is 133 Å². The van der Waals surface area contributed by atoms with Gasteiger partial charge in [-0.1, -0.05) is 0 Å². The molecule has 2 N–H and O–H groups in total. The number of nitrogens with one attached hydrogen (secondary N) is 2. The number of hydrogen-bond acceptors (Lipinski definition) is 4. The van der Waals surface area contributed by atoms with Crippen LogP contribution in [-0.2, 0) is 14.3 Å². The van der Waals surface area contributed by atoms with Crippen LogP contribution in [0, 0.1) is 11.3 Å². The van der Waals surface area contributed by atoms with Crippen LogP contribution < -0.4 is 10.6 Å². The van der Waals surface area contributed by atoms with E-state index in [0.717, 1.165) is 65.1 Å². The molecule has 2 rings (SSSR count). The standard InChI is InChI=1S/C15H28N2O3.ClH/c1-19-12-15(5-7-16-8-6-15)11-17-14(18)3-2-13-4-9-20-10-13;/h13,16H,2-12H2,1H3,(H,17,18);1H. The summed E-state index contributed by atoms with van der Waals surface area (Å²) < 4.78 is 10.7. The van der Waals surface area contributed by atoms with Gasteiger partial charge in [0.1, 0.15) is 0 Å². The molecule has 0 aromatic carbocycles. The number of amides is 1. The van der Waals surface area contributed by atoms with E-state index in [9.17, 15) is 4.79 Å². The number of halogens is 1. The molecule has 0 aliphatic carbocycles. The molecule has 0 radical (unpaired) electrons. The fourth-order valence-corrected chi connectivity index (χ4v) is 3.16. The molecule has 2 aliphatic rings. The van der Waals surface area contributed by atoms with Crippen molar-refractivity contribution in [2.45, 2.75) is 32.1 Å². The first-order valence-corrected chi connectivity index (χ1v) is 7.78. The second kappa shape index (κ2) is 9.62. The number of piperidine rings is 1. The van der Waals surface area contributed by atoms with Gasteiger partial charge in [0.05, 0.1) is 6.61 Å². The Morgan fingerprint density at radius 1 is 1.43 bits per heavy atom. The number of methoxy groups -OCH3 is 1. The molecule has 6 heteroatoms. The molecule has 5 nitrogen and oxygen atoms in total. The van der Waals surface area contributed by atoms with Crippen LogP contribution in [0.5, 0.6) is 0 Å². The molecule has 124 valence electrons. The lowest BCUT2D eigenvalue weighted by molar-refractivity contribution is -0.122. The Hall–Kier alpha value is -0.360. The van der Waals surface area contributed by atoms with Gasteiger partial charge in [0.15, 0.2) is 0 Å². The Morgan fingerprint density at radius 2 is 2.19 bits per heavy atom. The van der Waals surface area contributed by atoms with Gasteiger partial charge in [0.25, 0.3) is 0 Å². The number of carbonyl (C=O) groups excluding carboxylic acids is 1. The molecule has 0 bridgehead atoms. The van der Waals surface area contributed by atoms with Crippen molar-refractivity contribution in [3.8, 4) is 0 Å². The predicted octanol–water partition coefficient (Wildman–Crippen LogP) is 1.36. The van der Waals surface area contributed by atoms with E-state index in [1.807, 2.05) is 0 Å². The van der Waals surface area contributed by atoms with E-state index in [1.165, 1.54) is 0 Å². The van der Waals surface area contributed by atoms with E-state index in [2.05, 4.69) is 10.6 Å². The third kappa shape index (κ3) is 6.10. The molecule has 1 unspecified atom stereocenters. The van der Waals surface area contributed by atoms with E-state index >= 15 is 0 Å². The fraction of sp³-hybridized carbons (Fsp3) is 0.933. The minimum atomic E-state index is 0. The normalized spacial score (nSPS) is 24.3. The summed E-state index contributed by atoms with van der Waals surface area (Å²) in [4.78, 5) is 12.0. The first-order chi connectivity index (χ1) is 9.74. The number of hydrogen-bond donors (Lipinski definition) is 2. The molecule has 0 aromatic rings. The van der Waals surface area contributed by atoms with Gasteiger partial charge in [-0.05, 0) is 44.7 Å². The molecule has 2 heterocycles. The maximum absolute atomic E-state index is 12.0. The lowest BCUT2D eigenvalue weighted by Crippen LogP contribution is -2.47. The van der Waals surface area contributed by atoms with Gasteiger partial charge in [-0.2, -0.15) is 0 Å². The maximum atomic E-state index is 12.0. The summed E-state index contributed by atoms with van der Waals surface area (Å²) >= 11 is 0. The van der Waals surface area contributed by atoms with Crippen LogP contribution in [0.2, 0.25) is 0 Å². The highest BCUT2D eigenvalue weighted by Gasteiger charge is 2.32. The monoisotopic (exact) mass is 320 g/mol. The van der Waals surface area contributed by atoms with Gasteiger partial charge in [-0.15, -0.1) is 12.4 Å². The summed E-state index contributed by atoms with van der Waals surface area (Å²) in [6.07, 6.45) is 4.81. The molecular weight excluding hydrogens is 292 g/mol. The zero-order valence-electron chi connectivity index (χ0n) is 13.0. The van der Waals surface area contributed by atoms with Crippen molar-refractivity contribution in [1.29, 1.82) is 0 Å². The summed E-state index contributed by atoms with van der Waals surface area (Å²) in [5.74, 6) is 0.749. The molecule has 2 fully saturated rings. The number of carbonyl (C=O) groups is 1. The van der Waals surface area contributed by atoms with Crippen LogP contribution in [0.3, 0.4) is 0 Å². The highest BCUT2D eigenvalue weighted by atomic mass is 35.5. The molecule has 0 spiro atoms. The van der Waals surface area contributed by atoms with E-state index in [4.69, 9.17) is 9.47 Å². The number of rotatable bonds is 7. The van der Waals surface area contributed by atoms with Gasteiger partial charge in [0, 0.05) is 38.7 Å². The third-order valence-electron chi connectivity index (χ3n) is 4.58. The minimum absolute atomic E-state index is 0. The average Bonchev–Trinajstić information content (AvgIpc) is 2.98. The lowest BCUT2D eigenvalue weighted by atomic mass is 9.79. The second-order valence-corrected chi connectivity index (χ2v) is 6.23. The molecular formula is C15H29ClN2O3. The predicted molar refractivity (Wildman–Crippen MR) is 84.8 cm³/mol. The first kappa shape index (κ1) is 18.7. The van der Waals surface area contributed by atoms with Crippen LogP contribution in [0.4, 0.5) is 0 Å². The van der Waals surface area contributed by atoms with E-state index in [1.54, 1.807) is 7.11 Å². The quantitative estimate of drug-likeness (QED) is 0.743. The van der Waals surface area contributed by atoms with Crippen LogP contribution in [-0.4, -0.2) is 52.5 Å². The van der Waals surface area contributed by atoms with E-state index < -0.39 is 0 Å². The second-order valence-electron chi connectivity index (χ2n) is 6.23. The van der Waals surface area contributed by atoms with Gasteiger partial charge in [0.2, 0.25) is 5.91 Å². The Bertz CT molecular complexity index is 298. The maximum Gasteiger partial charge on any atom is 0.220 e. The largest absolute Gasteiger partial charge is 0.384 e. The first-order valence-electron chi connectivity index (χ1n) is 7.78. The fourth-order valence-electron chi connectivity index (χ4n) is 3.16. The Balaban J connectivity index is 0.00000220. The van der Waals surface area contributed by atoms with Crippen LogP contribution in [0.25, 0.3) is 0 Å².